The van der Waals surface area contributed by atoms with E-state index in [0.717, 1.165) is 34.0 Å². The Morgan fingerprint density at radius 1 is 1.00 bits per heavy atom. The van der Waals surface area contributed by atoms with Gasteiger partial charge < -0.3 is 9.72 Å². The molecule has 2 aromatic heterocycles. The molecular formula is C21H17N3O. The molecule has 4 nitrogen and oxygen atoms in total. The van der Waals surface area contributed by atoms with Gasteiger partial charge in [0.1, 0.15) is 12.4 Å². The van der Waals surface area contributed by atoms with Crippen LogP contribution in [-0.2, 0) is 6.61 Å². The van der Waals surface area contributed by atoms with Gasteiger partial charge in [-0.15, -0.1) is 0 Å². The Hall–Kier alpha value is -3.40. The van der Waals surface area contributed by atoms with Gasteiger partial charge in [0.2, 0.25) is 0 Å². The maximum Gasteiger partial charge on any atom is 0.130 e. The van der Waals surface area contributed by atoms with E-state index in [4.69, 9.17) is 4.74 Å². The highest BCUT2D eigenvalue weighted by Crippen LogP contribution is 2.29. The van der Waals surface area contributed by atoms with Crippen molar-refractivity contribution in [2.24, 2.45) is 4.99 Å². The van der Waals surface area contributed by atoms with Gasteiger partial charge in [-0.25, -0.2) is 0 Å². The summed E-state index contributed by atoms with van der Waals surface area (Å²) < 4.78 is 5.81. The van der Waals surface area contributed by atoms with Gasteiger partial charge >= 0.3 is 0 Å². The highest BCUT2D eigenvalue weighted by Gasteiger charge is 2.12. The predicted octanol–water partition coefficient (Wildman–Crippen LogP) is 4.39. The van der Waals surface area contributed by atoms with Crippen LogP contribution < -0.4 is 4.74 Å². The van der Waals surface area contributed by atoms with Gasteiger partial charge in [0, 0.05) is 29.9 Å². The van der Waals surface area contributed by atoms with Crippen molar-refractivity contribution in [2.75, 3.05) is 0 Å². The number of hydrogen-bond acceptors (Lipinski definition) is 3. The molecule has 3 aromatic rings. The van der Waals surface area contributed by atoms with E-state index in [9.17, 15) is 0 Å². The zero-order valence-corrected chi connectivity index (χ0v) is 13.6. The van der Waals surface area contributed by atoms with Crippen molar-refractivity contribution in [3.8, 4) is 5.75 Å². The molecule has 0 bridgehead atoms. The first-order valence-corrected chi connectivity index (χ1v) is 8.12. The second kappa shape index (κ2) is 7.01. The highest BCUT2D eigenvalue weighted by molar-refractivity contribution is 5.88. The van der Waals surface area contributed by atoms with Crippen LogP contribution >= 0.6 is 0 Å². The molecule has 1 aromatic carbocycles. The van der Waals surface area contributed by atoms with E-state index in [1.165, 1.54) is 0 Å². The summed E-state index contributed by atoms with van der Waals surface area (Å²) in [5, 5.41) is 0. The number of ether oxygens (including phenoxy) is 1. The van der Waals surface area contributed by atoms with Crippen LogP contribution in [0.2, 0.25) is 0 Å². The Kier molecular flexibility index (Phi) is 4.25. The number of rotatable bonds is 5. The number of aliphatic imine (C=N–C) groups is 1. The van der Waals surface area contributed by atoms with Gasteiger partial charge in [0.05, 0.1) is 11.4 Å². The van der Waals surface area contributed by atoms with E-state index >= 15 is 0 Å². The molecule has 0 fully saturated rings. The van der Waals surface area contributed by atoms with Crippen LogP contribution in [0.4, 0.5) is 0 Å². The first-order chi connectivity index (χ1) is 12.4. The van der Waals surface area contributed by atoms with Crippen LogP contribution in [0.25, 0.3) is 5.57 Å². The average molecular weight is 327 g/mol. The van der Waals surface area contributed by atoms with Gasteiger partial charge in [-0.1, -0.05) is 18.2 Å². The molecule has 3 heterocycles. The molecule has 0 amide bonds. The summed E-state index contributed by atoms with van der Waals surface area (Å²) >= 11 is 0. The monoisotopic (exact) mass is 327 g/mol. The molecule has 0 radical (unpaired) electrons. The zero-order valence-electron chi connectivity index (χ0n) is 13.6. The average Bonchev–Trinajstić information content (AvgIpc) is 3.37. The summed E-state index contributed by atoms with van der Waals surface area (Å²) in [7, 11) is 0. The molecule has 0 saturated carbocycles. The van der Waals surface area contributed by atoms with Crippen LogP contribution in [0.1, 0.15) is 17.0 Å². The summed E-state index contributed by atoms with van der Waals surface area (Å²) in [6.45, 7) is 0.456. The number of H-pyrrole nitrogens is 1. The van der Waals surface area contributed by atoms with Crippen molar-refractivity contribution in [3.05, 3.63) is 102 Å². The summed E-state index contributed by atoms with van der Waals surface area (Å²) in [5.74, 6) is 0.815. The third kappa shape index (κ3) is 3.43. The number of aromatic nitrogens is 2. The SMILES string of the molecule is C1=C/C(=C(/c2ccc(OCc3ccccn3)cc2)c2ccc[nH]2)N=C1. The number of pyridine rings is 1. The minimum atomic E-state index is 0.456. The molecule has 25 heavy (non-hydrogen) atoms. The van der Waals surface area contributed by atoms with E-state index in [-0.39, 0.29) is 0 Å². The lowest BCUT2D eigenvalue weighted by atomic mass is 10.0. The quantitative estimate of drug-likeness (QED) is 0.755. The number of allylic oxidation sites excluding steroid dienone is 2. The molecule has 1 aliphatic rings. The fourth-order valence-corrected chi connectivity index (χ4v) is 2.73. The number of nitrogens with zero attached hydrogens (tertiary/aromatic N) is 2. The fraction of sp³-hybridized carbons (Fsp3) is 0.0476. The molecule has 0 atom stereocenters. The summed E-state index contributed by atoms with van der Waals surface area (Å²) in [5.41, 5.74) is 5.06. The number of hydrogen-bond donors (Lipinski definition) is 1. The Morgan fingerprint density at radius 3 is 2.60 bits per heavy atom. The molecule has 1 N–H and O–H groups in total. The summed E-state index contributed by atoms with van der Waals surface area (Å²) in [4.78, 5) is 12.0. The lowest BCUT2D eigenvalue weighted by Gasteiger charge is -2.10. The third-order valence-corrected chi connectivity index (χ3v) is 3.93. The molecule has 1 aliphatic heterocycles. The first-order valence-electron chi connectivity index (χ1n) is 8.12. The van der Waals surface area contributed by atoms with Crippen molar-refractivity contribution in [1.82, 2.24) is 9.97 Å². The molecule has 4 heteroatoms. The highest BCUT2D eigenvalue weighted by atomic mass is 16.5. The molecule has 0 spiro atoms. The van der Waals surface area contributed by atoms with Gasteiger partial charge in [-0.05, 0) is 54.1 Å². The smallest absolute Gasteiger partial charge is 0.130 e. The van der Waals surface area contributed by atoms with E-state index in [0.29, 0.717) is 6.61 Å². The molecule has 0 unspecified atom stereocenters. The van der Waals surface area contributed by atoms with Gasteiger partial charge in [0.15, 0.2) is 0 Å². The zero-order chi connectivity index (χ0) is 16.9. The Morgan fingerprint density at radius 2 is 1.92 bits per heavy atom. The van der Waals surface area contributed by atoms with Crippen LogP contribution in [0, 0.1) is 0 Å². The van der Waals surface area contributed by atoms with Crippen LogP contribution in [0.5, 0.6) is 5.75 Å². The standard InChI is InChI=1S/C21H17N3O/c1-2-12-22-17(5-1)15-25-18-10-8-16(9-11-18)21(19-6-3-13-23-19)20-7-4-14-24-20/h1-14,23H,15H2/b21-20+. The number of aromatic amines is 1. The van der Waals surface area contributed by atoms with Gasteiger partial charge in [-0.2, -0.15) is 0 Å². The predicted molar refractivity (Wildman–Crippen MR) is 99.5 cm³/mol. The van der Waals surface area contributed by atoms with E-state index in [2.05, 4.69) is 33.2 Å². The topological polar surface area (TPSA) is 50.3 Å². The lowest BCUT2D eigenvalue weighted by Crippen LogP contribution is -1.98. The number of nitrogens with one attached hydrogen (secondary N) is 1. The van der Waals surface area contributed by atoms with Crippen molar-refractivity contribution < 1.29 is 4.74 Å². The number of benzene rings is 1. The second-order valence-corrected chi connectivity index (χ2v) is 5.62. The van der Waals surface area contributed by atoms with Crippen molar-refractivity contribution in [3.63, 3.8) is 0 Å². The van der Waals surface area contributed by atoms with Crippen molar-refractivity contribution in [1.29, 1.82) is 0 Å². The second-order valence-electron chi connectivity index (χ2n) is 5.62. The normalized spacial score (nSPS) is 14.7. The minimum Gasteiger partial charge on any atom is -0.487 e. The Labute approximate surface area is 146 Å². The summed E-state index contributed by atoms with van der Waals surface area (Å²) in [6, 6.07) is 17.9. The molecule has 4 rings (SSSR count). The van der Waals surface area contributed by atoms with Gasteiger partial charge in [0.25, 0.3) is 0 Å². The third-order valence-electron chi connectivity index (χ3n) is 3.93. The fourth-order valence-electron chi connectivity index (χ4n) is 2.73. The van der Waals surface area contributed by atoms with Crippen molar-refractivity contribution in [2.45, 2.75) is 6.61 Å². The Bertz CT molecular complexity index is 907. The van der Waals surface area contributed by atoms with Crippen LogP contribution in [0.15, 0.2) is 89.8 Å². The first kappa shape index (κ1) is 15.1. The van der Waals surface area contributed by atoms with E-state index in [1.807, 2.05) is 61.0 Å². The summed E-state index contributed by atoms with van der Waals surface area (Å²) in [6.07, 6.45) is 9.46. The molecule has 0 aliphatic carbocycles. The van der Waals surface area contributed by atoms with E-state index < -0.39 is 0 Å². The maximum absolute atomic E-state index is 5.81. The van der Waals surface area contributed by atoms with E-state index in [1.54, 1.807) is 6.20 Å². The minimum absolute atomic E-state index is 0.456. The lowest BCUT2D eigenvalue weighted by molar-refractivity contribution is 0.301. The van der Waals surface area contributed by atoms with Crippen molar-refractivity contribution >= 4 is 11.8 Å². The largest absolute Gasteiger partial charge is 0.487 e. The van der Waals surface area contributed by atoms with Gasteiger partial charge in [-0.3, -0.25) is 9.98 Å². The maximum atomic E-state index is 5.81. The Balaban J connectivity index is 1.57. The molecular weight excluding hydrogens is 310 g/mol. The molecule has 122 valence electrons. The van der Waals surface area contributed by atoms with Crippen LogP contribution in [0.3, 0.4) is 0 Å². The van der Waals surface area contributed by atoms with Crippen LogP contribution in [-0.4, -0.2) is 16.2 Å². The molecule has 0 saturated heterocycles.